The van der Waals surface area contributed by atoms with Gasteiger partial charge in [0.25, 0.3) is 5.91 Å². The van der Waals surface area contributed by atoms with Gasteiger partial charge >= 0.3 is 6.09 Å². The number of rotatable bonds is 6. The zero-order chi connectivity index (χ0) is 25.8. The minimum atomic E-state index is -1.08. The molecule has 0 spiro atoms. The Morgan fingerprint density at radius 1 is 1.11 bits per heavy atom. The van der Waals surface area contributed by atoms with E-state index in [-0.39, 0.29) is 29.7 Å². The van der Waals surface area contributed by atoms with Crippen LogP contribution in [0.15, 0.2) is 60.9 Å². The van der Waals surface area contributed by atoms with Crippen molar-refractivity contribution in [2.45, 2.75) is 50.2 Å². The van der Waals surface area contributed by atoms with E-state index in [1.165, 1.54) is 12.1 Å². The average molecular weight is 506 g/mol. The molecule has 5 rings (SSSR count). The van der Waals surface area contributed by atoms with Crippen LogP contribution in [0.2, 0.25) is 0 Å². The second-order valence-corrected chi connectivity index (χ2v) is 9.81. The number of imidazole rings is 1. The third-order valence-corrected chi connectivity index (χ3v) is 7.42. The lowest BCUT2D eigenvalue weighted by molar-refractivity contribution is 0.0631. The molecule has 3 aromatic rings. The third kappa shape index (κ3) is 5.51. The summed E-state index contributed by atoms with van der Waals surface area (Å²) in [5.74, 6) is -0.601. The molecule has 1 saturated carbocycles. The third-order valence-electron chi connectivity index (χ3n) is 7.42. The van der Waals surface area contributed by atoms with Gasteiger partial charge in [-0.15, -0.1) is 0 Å². The van der Waals surface area contributed by atoms with Crippen LogP contribution in [0.4, 0.5) is 9.18 Å². The van der Waals surface area contributed by atoms with Gasteiger partial charge in [0.05, 0.1) is 24.1 Å². The van der Waals surface area contributed by atoms with Gasteiger partial charge in [0.2, 0.25) is 0 Å². The van der Waals surface area contributed by atoms with Gasteiger partial charge in [-0.3, -0.25) is 4.79 Å². The fourth-order valence-corrected chi connectivity index (χ4v) is 5.69. The molecule has 1 aliphatic heterocycles. The number of benzene rings is 2. The number of hydrogen-bond donors (Lipinski definition) is 3. The Balaban J connectivity index is 1.53. The molecule has 0 radical (unpaired) electrons. The van der Waals surface area contributed by atoms with Crippen molar-refractivity contribution in [1.82, 2.24) is 25.1 Å². The zero-order valence-corrected chi connectivity index (χ0v) is 20.6. The van der Waals surface area contributed by atoms with Gasteiger partial charge in [-0.05, 0) is 37.0 Å². The van der Waals surface area contributed by atoms with Gasteiger partial charge in [0.1, 0.15) is 5.82 Å². The summed E-state index contributed by atoms with van der Waals surface area (Å²) in [4.78, 5) is 32.0. The lowest BCUT2D eigenvalue weighted by Crippen LogP contribution is -2.54. The quantitative estimate of drug-likeness (QED) is 0.469. The minimum absolute atomic E-state index is 0.0507. The second kappa shape index (κ2) is 11.1. The van der Waals surface area contributed by atoms with Gasteiger partial charge in [-0.2, -0.15) is 0 Å². The van der Waals surface area contributed by atoms with E-state index < -0.39 is 11.9 Å². The summed E-state index contributed by atoms with van der Waals surface area (Å²) in [5.41, 5.74) is 2.50. The van der Waals surface area contributed by atoms with E-state index in [2.05, 4.69) is 27.8 Å². The lowest BCUT2D eigenvalue weighted by Gasteiger charge is -2.36. The number of carboxylic acid groups (broad SMARTS) is 1. The Morgan fingerprint density at radius 2 is 1.92 bits per heavy atom. The van der Waals surface area contributed by atoms with Crippen LogP contribution in [0.25, 0.3) is 11.3 Å². The maximum atomic E-state index is 14.4. The molecule has 3 N–H and O–H groups in total. The standard InChI is InChI=1S/C28H32FN5O3/c29-21-10-6-9-20(16-21)26-25(31-18-34(26)24-12-5-4-11-23(24)32-28(36)37)27(35)33-14-13-30-17-22(33)15-19-7-2-1-3-8-19/h1-3,6-10,16,18,22-24,30,32H,4-5,11-15,17H2,(H,36,37)/t22-,23+,24+/m1/s1. The summed E-state index contributed by atoms with van der Waals surface area (Å²) >= 11 is 0. The molecule has 1 saturated heterocycles. The Bertz CT molecular complexity index is 1250. The van der Waals surface area contributed by atoms with Crippen LogP contribution in [0.5, 0.6) is 0 Å². The van der Waals surface area contributed by atoms with Crippen LogP contribution in [-0.2, 0) is 6.42 Å². The maximum Gasteiger partial charge on any atom is 0.404 e. The van der Waals surface area contributed by atoms with Gasteiger partial charge in [-0.1, -0.05) is 55.3 Å². The highest BCUT2D eigenvalue weighted by Crippen LogP contribution is 2.35. The van der Waals surface area contributed by atoms with Crippen molar-refractivity contribution in [2.75, 3.05) is 19.6 Å². The molecule has 9 heteroatoms. The van der Waals surface area contributed by atoms with E-state index in [1.807, 2.05) is 27.7 Å². The molecule has 2 aromatic carbocycles. The lowest BCUT2D eigenvalue weighted by atomic mass is 9.89. The topological polar surface area (TPSA) is 99.5 Å². The number of halogens is 1. The van der Waals surface area contributed by atoms with Gasteiger partial charge in [0.15, 0.2) is 5.69 Å². The first kappa shape index (κ1) is 25.0. The molecular formula is C28H32FN5O3. The molecular weight excluding hydrogens is 473 g/mol. The summed E-state index contributed by atoms with van der Waals surface area (Å²) in [6, 6.07) is 15.7. The van der Waals surface area contributed by atoms with Gasteiger partial charge in [0, 0.05) is 31.2 Å². The van der Waals surface area contributed by atoms with Crippen molar-refractivity contribution in [1.29, 1.82) is 0 Å². The molecule has 2 amide bonds. The van der Waals surface area contributed by atoms with Crippen LogP contribution < -0.4 is 10.6 Å². The number of piperazine rings is 1. The fourth-order valence-electron chi connectivity index (χ4n) is 5.69. The van der Waals surface area contributed by atoms with Crippen molar-refractivity contribution in [3.63, 3.8) is 0 Å². The molecule has 0 unspecified atom stereocenters. The summed E-state index contributed by atoms with van der Waals surface area (Å²) in [7, 11) is 0. The van der Waals surface area contributed by atoms with Crippen LogP contribution in [0.1, 0.15) is 47.8 Å². The van der Waals surface area contributed by atoms with E-state index in [0.29, 0.717) is 43.7 Å². The monoisotopic (exact) mass is 505 g/mol. The molecule has 8 nitrogen and oxygen atoms in total. The minimum Gasteiger partial charge on any atom is -0.465 e. The SMILES string of the molecule is O=C(O)N[C@H]1CCCC[C@@H]1n1cnc(C(=O)N2CCNC[C@H]2Cc2ccccc2)c1-c1cccc(F)c1. The number of nitrogens with zero attached hydrogens (tertiary/aromatic N) is 3. The summed E-state index contributed by atoms with van der Waals surface area (Å²) in [5, 5.41) is 15.5. The molecule has 0 bridgehead atoms. The van der Waals surface area contributed by atoms with Crippen LogP contribution in [0, 0.1) is 5.82 Å². The highest BCUT2D eigenvalue weighted by Gasteiger charge is 2.35. The maximum absolute atomic E-state index is 14.4. The van der Waals surface area contributed by atoms with Gasteiger partial charge < -0.3 is 25.2 Å². The van der Waals surface area contributed by atoms with Crippen molar-refractivity contribution >= 4 is 12.0 Å². The van der Waals surface area contributed by atoms with Crippen molar-refractivity contribution in [3.8, 4) is 11.3 Å². The Morgan fingerprint density at radius 3 is 2.70 bits per heavy atom. The molecule has 2 heterocycles. The molecule has 1 aromatic heterocycles. The summed E-state index contributed by atoms with van der Waals surface area (Å²) in [6.45, 7) is 1.89. The normalized spacial score (nSPS) is 22.0. The number of carbonyl (C=O) groups is 2. The first-order valence-corrected chi connectivity index (χ1v) is 12.9. The van der Waals surface area contributed by atoms with Crippen molar-refractivity contribution < 1.29 is 19.1 Å². The van der Waals surface area contributed by atoms with E-state index in [0.717, 1.165) is 24.8 Å². The Kier molecular flexibility index (Phi) is 7.50. The Labute approximate surface area is 215 Å². The molecule has 3 atom stereocenters. The number of carbonyl (C=O) groups excluding carboxylic acids is 1. The first-order valence-electron chi connectivity index (χ1n) is 12.9. The molecule has 194 valence electrons. The smallest absolute Gasteiger partial charge is 0.404 e. The van der Waals surface area contributed by atoms with E-state index in [4.69, 9.17) is 0 Å². The van der Waals surface area contributed by atoms with Crippen LogP contribution in [0.3, 0.4) is 0 Å². The number of aromatic nitrogens is 2. The number of hydrogen-bond acceptors (Lipinski definition) is 4. The second-order valence-electron chi connectivity index (χ2n) is 9.81. The average Bonchev–Trinajstić information content (AvgIpc) is 3.34. The van der Waals surface area contributed by atoms with Crippen LogP contribution in [-0.4, -0.2) is 63.3 Å². The molecule has 2 fully saturated rings. The van der Waals surface area contributed by atoms with E-state index in [1.54, 1.807) is 18.5 Å². The van der Waals surface area contributed by atoms with Gasteiger partial charge in [-0.25, -0.2) is 14.2 Å². The predicted octanol–water partition coefficient (Wildman–Crippen LogP) is 4.10. The van der Waals surface area contributed by atoms with Crippen molar-refractivity contribution in [2.24, 2.45) is 0 Å². The van der Waals surface area contributed by atoms with Crippen molar-refractivity contribution in [3.05, 3.63) is 78.0 Å². The summed E-state index contributed by atoms with van der Waals surface area (Å²) < 4.78 is 16.2. The first-order chi connectivity index (χ1) is 18.0. The van der Waals surface area contributed by atoms with E-state index in [9.17, 15) is 19.1 Å². The fraction of sp³-hybridized carbons (Fsp3) is 0.393. The molecule has 2 aliphatic rings. The van der Waals surface area contributed by atoms with E-state index >= 15 is 0 Å². The Hall–Kier alpha value is -3.72. The molecule has 1 aliphatic carbocycles. The largest absolute Gasteiger partial charge is 0.465 e. The number of nitrogens with one attached hydrogen (secondary N) is 2. The summed E-state index contributed by atoms with van der Waals surface area (Å²) in [6.07, 6.45) is 4.53. The zero-order valence-electron chi connectivity index (χ0n) is 20.6. The highest BCUT2D eigenvalue weighted by atomic mass is 19.1. The van der Waals surface area contributed by atoms with Crippen LogP contribution >= 0.6 is 0 Å². The highest BCUT2D eigenvalue weighted by molar-refractivity contribution is 5.98. The predicted molar refractivity (Wildman–Crippen MR) is 138 cm³/mol. The molecule has 37 heavy (non-hydrogen) atoms. The number of amides is 2.